The highest BCUT2D eigenvalue weighted by atomic mass is 28.3. The topological polar surface area (TPSA) is 0 Å². The van der Waals surface area contributed by atoms with Gasteiger partial charge in [-0.3, -0.25) is 0 Å². The van der Waals surface area contributed by atoms with E-state index < -0.39 is 8.07 Å². The van der Waals surface area contributed by atoms with Crippen LogP contribution in [0.15, 0.2) is 60.2 Å². The Morgan fingerprint density at radius 3 is 2.43 bits per heavy atom. The normalized spacial score (nSPS) is 12.9. The third-order valence-electron chi connectivity index (χ3n) is 3.32. The Labute approximate surface area is 132 Å². The molecule has 0 spiro atoms. The third kappa shape index (κ3) is 9.25. The minimum absolute atomic E-state index is 0.970. The molecule has 0 heterocycles. The Bertz CT molecular complexity index is 486. The summed E-state index contributed by atoms with van der Waals surface area (Å²) in [4.78, 5) is 0. The van der Waals surface area contributed by atoms with Gasteiger partial charge in [0.15, 0.2) is 0 Å². The molecular weight excluding hydrogens is 268 g/mol. The molecule has 0 fully saturated rings. The van der Waals surface area contributed by atoms with Gasteiger partial charge in [-0.15, -0.1) is 0 Å². The van der Waals surface area contributed by atoms with Crippen molar-refractivity contribution >= 4 is 14.1 Å². The zero-order valence-electron chi connectivity index (χ0n) is 14.2. The van der Waals surface area contributed by atoms with E-state index in [1.54, 1.807) is 0 Å². The molecule has 21 heavy (non-hydrogen) atoms. The summed E-state index contributed by atoms with van der Waals surface area (Å²) in [6, 6.07) is 11.8. The first-order chi connectivity index (χ1) is 9.87. The fourth-order valence-electron chi connectivity index (χ4n) is 2.40. The molecule has 0 aliphatic rings. The first-order valence-corrected chi connectivity index (χ1v) is 11.6. The Balaban J connectivity index is 2.28. The second kappa shape index (κ2) is 8.84. The number of hydrogen-bond acceptors (Lipinski definition) is 0. The van der Waals surface area contributed by atoms with Crippen LogP contribution >= 0.6 is 0 Å². The zero-order valence-corrected chi connectivity index (χ0v) is 15.2. The molecule has 0 bridgehead atoms. The minimum Gasteiger partial charge on any atom is -0.0995 e. The average Bonchev–Trinajstić information content (AvgIpc) is 2.41. The average molecular weight is 299 g/mol. The largest absolute Gasteiger partial charge is 0.0995 e. The van der Waals surface area contributed by atoms with E-state index in [4.69, 9.17) is 0 Å². The smallest absolute Gasteiger partial charge is 0.0483 e. The Hall–Kier alpha value is -1.34. The van der Waals surface area contributed by atoms with E-state index in [9.17, 15) is 0 Å². The number of hydrogen-bond donors (Lipinski definition) is 0. The van der Waals surface area contributed by atoms with Crippen molar-refractivity contribution in [2.24, 2.45) is 0 Å². The van der Waals surface area contributed by atoms with Crippen molar-refractivity contribution in [2.75, 3.05) is 0 Å². The first kappa shape index (κ1) is 17.7. The highest BCUT2D eigenvalue weighted by molar-refractivity contribution is 6.76. The van der Waals surface area contributed by atoms with Crippen LogP contribution in [-0.4, -0.2) is 8.07 Å². The molecule has 0 atom stereocenters. The summed E-state index contributed by atoms with van der Waals surface area (Å²) < 4.78 is 0. The van der Waals surface area contributed by atoms with Gasteiger partial charge in [0, 0.05) is 8.07 Å². The summed E-state index contributed by atoms with van der Waals surface area (Å²) in [6.07, 6.45) is 10.0. The predicted octanol–water partition coefficient (Wildman–Crippen LogP) is 6.71. The van der Waals surface area contributed by atoms with E-state index in [2.05, 4.69) is 75.6 Å². The van der Waals surface area contributed by atoms with E-state index in [1.807, 2.05) is 6.07 Å². The van der Waals surface area contributed by atoms with Gasteiger partial charge in [-0.1, -0.05) is 85.9 Å². The molecule has 1 rings (SSSR count). The van der Waals surface area contributed by atoms with Crippen LogP contribution in [0.4, 0.5) is 0 Å². The lowest BCUT2D eigenvalue weighted by molar-refractivity contribution is 0.944. The molecule has 0 aromatic heterocycles. The number of benzene rings is 1. The second-order valence-corrected chi connectivity index (χ2v) is 12.6. The summed E-state index contributed by atoms with van der Waals surface area (Å²) in [6.45, 7) is 13.7. The molecule has 0 radical (unpaired) electrons. The van der Waals surface area contributed by atoms with Gasteiger partial charge in [-0.05, 0) is 37.8 Å². The summed E-state index contributed by atoms with van der Waals surface area (Å²) in [5.74, 6) is 0. The van der Waals surface area contributed by atoms with Crippen molar-refractivity contribution in [1.29, 1.82) is 0 Å². The molecule has 0 aliphatic heterocycles. The van der Waals surface area contributed by atoms with Crippen molar-refractivity contribution in [2.45, 2.75) is 51.9 Å². The maximum atomic E-state index is 4.20. The van der Waals surface area contributed by atoms with Crippen LogP contribution in [0, 0.1) is 0 Å². The zero-order chi connectivity index (χ0) is 15.7. The number of allylic oxidation sites excluding steroid dienone is 4. The highest BCUT2D eigenvalue weighted by Crippen LogP contribution is 2.18. The Kier molecular flexibility index (Phi) is 7.45. The Morgan fingerprint density at radius 1 is 1.14 bits per heavy atom. The predicted molar refractivity (Wildman–Crippen MR) is 100 cm³/mol. The van der Waals surface area contributed by atoms with Gasteiger partial charge in [0.25, 0.3) is 0 Å². The van der Waals surface area contributed by atoms with E-state index >= 15 is 0 Å². The molecule has 114 valence electrons. The molecule has 0 nitrogen and oxygen atoms in total. The van der Waals surface area contributed by atoms with E-state index in [0.29, 0.717) is 0 Å². The van der Waals surface area contributed by atoms with Crippen LogP contribution in [0.2, 0.25) is 25.7 Å². The van der Waals surface area contributed by atoms with Gasteiger partial charge in [-0.25, -0.2) is 0 Å². The second-order valence-electron chi connectivity index (χ2n) is 7.09. The van der Waals surface area contributed by atoms with Gasteiger partial charge >= 0.3 is 0 Å². The fourth-order valence-corrected chi connectivity index (χ4v) is 4.22. The lowest BCUT2D eigenvalue weighted by Crippen LogP contribution is -2.19. The van der Waals surface area contributed by atoms with Crippen molar-refractivity contribution < 1.29 is 0 Å². The van der Waals surface area contributed by atoms with Gasteiger partial charge < -0.3 is 0 Å². The molecule has 0 amide bonds. The monoisotopic (exact) mass is 298 g/mol. The molecule has 1 aromatic carbocycles. The summed E-state index contributed by atoms with van der Waals surface area (Å²) in [7, 11) is -0.970. The van der Waals surface area contributed by atoms with Gasteiger partial charge in [0.2, 0.25) is 0 Å². The van der Waals surface area contributed by atoms with Crippen molar-refractivity contribution in [3.63, 3.8) is 0 Å². The van der Waals surface area contributed by atoms with Gasteiger partial charge in [0.05, 0.1) is 0 Å². The highest BCUT2D eigenvalue weighted by Gasteiger charge is 2.12. The molecule has 0 N–H and O–H groups in total. The van der Waals surface area contributed by atoms with Gasteiger partial charge in [0.1, 0.15) is 0 Å². The van der Waals surface area contributed by atoms with Crippen LogP contribution in [0.5, 0.6) is 0 Å². The molecule has 0 saturated carbocycles. The van der Waals surface area contributed by atoms with Crippen LogP contribution in [-0.2, 0) is 0 Å². The third-order valence-corrected chi connectivity index (χ3v) is 4.94. The van der Waals surface area contributed by atoms with Crippen molar-refractivity contribution in [3.05, 3.63) is 65.8 Å². The SMILES string of the molecule is C=C(C/C=C(\C)C[Si](C)(C)C)CCC=Cc1ccccc1. The van der Waals surface area contributed by atoms with E-state index in [-0.39, 0.29) is 0 Å². The molecule has 1 heteroatoms. The van der Waals surface area contributed by atoms with Crippen LogP contribution < -0.4 is 0 Å². The standard InChI is InChI=1S/C20H30Si/c1-18(15-16-19(2)17-21(3,4)5)11-9-10-14-20-12-7-6-8-13-20/h6-8,10,12-14,16H,1,9,11,15,17H2,2-5H3/b14-10?,19-16+. The molecule has 1 aromatic rings. The van der Waals surface area contributed by atoms with Crippen molar-refractivity contribution in [1.82, 2.24) is 0 Å². The Morgan fingerprint density at radius 2 is 1.81 bits per heavy atom. The summed E-state index contributed by atoms with van der Waals surface area (Å²) >= 11 is 0. The molecular formula is C20H30Si. The minimum atomic E-state index is -0.970. The maximum absolute atomic E-state index is 4.20. The van der Waals surface area contributed by atoms with Crippen LogP contribution in [0.25, 0.3) is 6.08 Å². The lowest BCUT2D eigenvalue weighted by Gasteiger charge is -2.16. The number of rotatable bonds is 8. The van der Waals surface area contributed by atoms with E-state index in [1.165, 1.54) is 22.8 Å². The first-order valence-electron chi connectivity index (χ1n) is 7.91. The fraction of sp³-hybridized carbons (Fsp3) is 0.400. The van der Waals surface area contributed by atoms with Crippen LogP contribution in [0.1, 0.15) is 31.7 Å². The molecule has 0 aliphatic carbocycles. The lowest BCUT2D eigenvalue weighted by atomic mass is 10.1. The van der Waals surface area contributed by atoms with Crippen LogP contribution in [0.3, 0.4) is 0 Å². The summed E-state index contributed by atoms with van der Waals surface area (Å²) in [5, 5.41) is 0. The quantitative estimate of drug-likeness (QED) is 0.369. The van der Waals surface area contributed by atoms with Gasteiger partial charge in [-0.2, -0.15) is 0 Å². The maximum Gasteiger partial charge on any atom is 0.0483 e. The summed E-state index contributed by atoms with van der Waals surface area (Å²) in [5.41, 5.74) is 4.15. The van der Waals surface area contributed by atoms with E-state index in [0.717, 1.165) is 19.3 Å². The molecule has 0 saturated heterocycles. The van der Waals surface area contributed by atoms with Crippen molar-refractivity contribution in [3.8, 4) is 0 Å². The molecule has 0 unspecified atom stereocenters.